The lowest BCUT2D eigenvalue weighted by Crippen LogP contribution is -2.36. The van der Waals surface area contributed by atoms with E-state index < -0.39 is 68.7 Å². The van der Waals surface area contributed by atoms with Crippen LogP contribution < -0.4 is 9.44 Å². The number of nitrogens with zero attached hydrogens (tertiary/aromatic N) is 4. The molecule has 0 unspecified atom stereocenters. The third-order valence-corrected chi connectivity index (χ3v) is 11.3. The topological polar surface area (TPSA) is 226 Å². The summed E-state index contributed by atoms with van der Waals surface area (Å²) in [6.45, 7) is 0. The number of allylic oxidation sites excluding steroid dienone is 1. The van der Waals surface area contributed by atoms with E-state index in [0.717, 1.165) is 62.8 Å². The zero-order chi connectivity index (χ0) is 31.8. The van der Waals surface area contributed by atoms with E-state index in [4.69, 9.17) is 0 Å². The molecule has 2 aromatic carbocycles. The molecular weight excluding hydrogens is 612 g/mol. The van der Waals surface area contributed by atoms with Crippen molar-refractivity contribution in [2.24, 2.45) is 0 Å². The molecule has 3 aliphatic carbocycles. The maximum Gasteiger partial charge on any atom is 0.279 e. The molecule has 0 saturated heterocycles. The Morgan fingerprint density at radius 2 is 1.05 bits per heavy atom. The van der Waals surface area contributed by atoms with Crippen LogP contribution in [0, 0.1) is 42.9 Å². The largest absolute Gasteiger partial charge is 0.279 e. The highest BCUT2D eigenvalue weighted by molar-refractivity contribution is 7.89. The number of hydrogen-bond donors (Lipinski definition) is 2. The zero-order valence-corrected chi connectivity index (χ0v) is 25.0. The van der Waals surface area contributed by atoms with E-state index in [1.807, 2.05) is 0 Å². The monoisotopic (exact) mass is 640 g/mol. The van der Waals surface area contributed by atoms with Crippen molar-refractivity contribution < 1.29 is 26.7 Å². The molecular formula is C28H28N6O8S2. The first kappa shape index (κ1) is 31.2. The minimum Gasteiger partial charge on any atom is -0.258 e. The van der Waals surface area contributed by atoms with E-state index in [1.165, 1.54) is 0 Å². The highest BCUT2D eigenvalue weighted by Crippen LogP contribution is 2.54. The molecule has 2 N–H and O–H groups in total. The summed E-state index contributed by atoms with van der Waals surface area (Å²) < 4.78 is 58.9. The van der Waals surface area contributed by atoms with Crippen molar-refractivity contribution in [3.8, 4) is 23.3 Å². The third kappa shape index (κ3) is 5.81. The molecule has 0 bridgehead atoms. The van der Waals surface area contributed by atoms with Gasteiger partial charge in [0.25, 0.3) is 11.4 Å². The first-order valence-corrected chi connectivity index (χ1v) is 17.1. The molecule has 2 aromatic rings. The molecule has 2 fully saturated rings. The minimum atomic E-state index is -4.34. The van der Waals surface area contributed by atoms with Crippen molar-refractivity contribution in [2.45, 2.75) is 86.1 Å². The summed E-state index contributed by atoms with van der Waals surface area (Å²) in [5.41, 5.74) is -3.86. The van der Waals surface area contributed by atoms with Gasteiger partial charge in [-0.25, -0.2) is 26.3 Å². The van der Waals surface area contributed by atoms with Crippen molar-refractivity contribution in [3.63, 3.8) is 0 Å². The summed E-state index contributed by atoms with van der Waals surface area (Å²) >= 11 is 0. The van der Waals surface area contributed by atoms with E-state index in [9.17, 15) is 47.6 Å². The molecule has 230 valence electrons. The quantitative estimate of drug-likeness (QED) is 0.198. The summed E-state index contributed by atoms with van der Waals surface area (Å²) in [6, 6.07) is 6.19. The predicted octanol–water partition coefficient (Wildman–Crippen LogP) is 4.55. The molecule has 44 heavy (non-hydrogen) atoms. The Balaban J connectivity index is 1.76. The number of nitro groups is 2. The molecule has 16 heteroatoms. The maximum atomic E-state index is 13.4. The van der Waals surface area contributed by atoms with Crippen LogP contribution in [0.15, 0.2) is 39.6 Å². The third-order valence-electron chi connectivity index (χ3n) is 8.31. The van der Waals surface area contributed by atoms with E-state index in [0.29, 0.717) is 25.7 Å². The predicted molar refractivity (Wildman–Crippen MR) is 157 cm³/mol. The summed E-state index contributed by atoms with van der Waals surface area (Å²) in [7, 11) is -8.69. The average molecular weight is 641 g/mol. The highest BCUT2D eigenvalue weighted by atomic mass is 32.2. The number of nitro benzene ring substituents is 2. The first-order chi connectivity index (χ1) is 20.9. The van der Waals surface area contributed by atoms with Gasteiger partial charge in [-0.2, -0.15) is 10.5 Å². The summed E-state index contributed by atoms with van der Waals surface area (Å²) in [6.07, 6.45) is 7.43. The van der Waals surface area contributed by atoms with Crippen molar-refractivity contribution in [2.75, 3.05) is 0 Å². The number of hydrogen-bond acceptors (Lipinski definition) is 10. The second-order valence-electron chi connectivity index (χ2n) is 11.1. The second-order valence-corrected chi connectivity index (χ2v) is 14.6. The Labute approximate surface area is 253 Å². The Morgan fingerprint density at radius 1 is 0.682 bits per heavy atom. The van der Waals surface area contributed by atoms with Gasteiger partial charge in [-0.1, -0.05) is 38.5 Å². The number of benzene rings is 2. The Morgan fingerprint density at radius 3 is 1.36 bits per heavy atom. The molecule has 2 saturated carbocycles. The second kappa shape index (κ2) is 12.0. The van der Waals surface area contributed by atoms with Gasteiger partial charge in [-0.15, -0.1) is 0 Å². The standard InChI is InChI=1S/C28H28N6O8S2/c29-15-17(16-30)26-22-11-20(43(39,40)31-18-7-3-1-4-8-18)13-24(33(35)36)27(22)28-23(26)12-21(14-25(28)34(37)38)44(41,42)32-19-9-5-2-6-10-19/h11-14,18-19,31-32H,1-10H2. The van der Waals surface area contributed by atoms with Gasteiger partial charge in [0, 0.05) is 40.9 Å². The van der Waals surface area contributed by atoms with Gasteiger partial charge in [0.1, 0.15) is 17.7 Å². The molecule has 0 heterocycles. The molecule has 0 radical (unpaired) electrons. The van der Waals surface area contributed by atoms with Crippen molar-refractivity contribution in [1.29, 1.82) is 10.5 Å². The molecule has 0 amide bonds. The number of rotatable bonds is 8. The van der Waals surface area contributed by atoms with E-state index in [-0.39, 0.29) is 27.8 Å². The fourth-order valence-electron chi connectivity index (χ4n) is 6.29. The summed E-state index contributed by atoms with van der Waals surface area (Å²) in [5.74, 6) is 0. The van der Waals surface area contributed by atoms with Gasteiger partial charge in [-0.05, 0) is 37.8 Å². The molecule has 0 aromatic heterocycles. The minimum absolute atomic E-state index is 0.269. The van der Waals surface area contributed by atoms with E-state index >= 15 is 0 Å². The zero-order valence-electron chi connectivity index (χ0n) is 23.4. The number of nitrogens with one attached hydrogen (secondary N) is 2. The van der Waals surface area contributed by atoms with Gasteiger partial charge >= 0.3 is 0 Å². The van der Waals surface area contributed by atoms with Gasteiger partial charge < -0.3 is 0 Å². The van der Waals surface area contributed by atoms with Crippen LogP contribution in [-0.4, -0.2) is 38.8 Å². The van der Waals surface area contributed by atoms with Crippen LogP contribution in [0.5, 0.6) is 0 Å². The highest BCUT2D eigenvalue weighted by Gasteiger charge is 2.41. The fourth-order valence-corrected chi connectivity index (χ4v) is 8.99. The SMILES string of the molecule is N#CC(C#N)=C1c2cc(S(=O)(=O)NC3CCCCC3)cc([N+](=O)[O-])c2-c2c1cc(S(=O)(=O)NC1CCCCC1)cc2[N+](=O)[O-]. The normalized spacial score (nSPS) is 17.3. The average Bonchev–Trinajstić information content (AvgIpc) is 3.31. The van der Waals surface area contributed by atoms with Crippen LogP contribution in [0.25, 0.3) is 16.7 Å². The Hall–Kier alpha value is -4.22. The van der Waals surface area contributed by atoms with Gasteiger partial charge in [0.2, 0.25) is 20.0 Å². The molecule has 14 nitrogen and oxygen atoms in total. The van der Waals surface area contributed by atoms with Crippen molar-refractivity contribution in [1.82, 2.24) is 9.44 Å². The smallest absolute Gasteiger partial charge is 0.258 e. The maximum absolute atomic E-state index is 13.4. The molecule has 0 spiro atoms. The molecule has 0 aliphatic heterocycles. The van der Waals surface area contributed by atoms with E-state index in [2.05, 4.69) is 9.44 Å². The first-order valence-electron chi connectivity index (χ1n) is 14.1. The lowest BCUT2D eigenvalue weighted by Gasteiger charge is -2.22. The fraction of sp³-hybridized carbons (Fsp3) is 0.429. The Bertz CT molecular complexity index is 1760. The summed E-state index contributed by atoms with van der Waals surface area (Å²) in [4.78, 5) is 21.9. The molecule has 3 aliphatic rings. The lowest BCUT2D eigenvalue weighted by molar-refractivity contribution is -0.386. The van der Waals surface area contributed by atoms with E-state index in [1.54, 1.807) is 12.1 Å². The van der Waals surface area contributed by atoms with Crippen LogP contribution in [0.3, 0.4) is 0 Å². The van der Waals surface area contributed by atoms with Crippen LogP contribution in [0.1, 0.15) is 75.3 Å². The van der Waals surface area contributed by atoms with Gasteiger partial charge in [0.05, 0.1) is 30.8 Å². The Kier molecular flexibility index (Phi) is 8.55. The van der Waals surface area contributed by atoms with Crippen LogP contribution >= 0.6 is 0 Å². The lowest BCUT2D eigenvalue weighted by atomic mass is 9.96. The van der Waals surface area contributed by atoms with Crippen molar-refractivity contribution >= 4 is 37.0 Å². The van der Waals surface area contributed by atoms with Crippen LogP contribution in [0.4, 0.5) is 11.4 Å². The number of sulfonamides is 2. The molecule has 0 atom stereocenters. The molecule has 5 rings (SSSR count). The number of fused-ring (bicyclic) bond motifs is 3. The summed E-state index contributed by atoms with van der Waals surface area (Å²) in [5, 5.41) is 44.4. The van der Waals surface area contributed by atoms with Crippen LogP contribution in [-0.2, 0) is 20.0 Å². The number of nitriles is 2. The van der Waals surface area contributed by atoms with Crippen molar-refractivity contribution in [3.05, 3.63) is 61.2 Å². The van der Waals surface area contributed by atoms with Gasteiger partial charge in [0.15, 0.2) is 0 Å². The van der Waals surface area contributed by atoms with Crippen LogP contribution in [0.2, 0.25) is 0 Å². The van der Waals surface area contributed by atoms with Gasteiger partial charge in [-0.3, -0.25) is 20.2 Å².